The molecule has 0 aromatic carbocycles. The number of unbranched alkanes of at least 4 members (excludes halogenated alkanes) is 3. The summed E-state index contributed by atoms with van der Waals surface area (Å²) in [5, 5.41) is 19.2. The lowest BCUT2D eigenvalue weighted by atomic mass is 9.62. The van der Waals surface area contributed by atoms with Gasteiger partial charge in [0.05, 0.1) is 11.5 Å². The molecule has 2 N–H and O–H groups in total. The van der Waals surface area contributed by atoms with E-state index in [0.29, 0.717) is 38.9 Å². The van der Waals surface area contributed by atoms with Crippen molar-refractivity contribution in [2.75, 3.05) is 26.2 Å². The Bertz CT molecular complexity index is 757. The van der Waals surface area contributed by atoms with Crippen molar-refractivity contribution in [2.24, 2.45) is 17.8 Å². The van der Waals surface area contributed by atoms with Gasteiger partial charge in [-0.15, -0.1) is 6.58 Å². The number of nitrogens with zero attached hydrogens (tertiary/aromatic N) is 2. The Morgan fingerprint density at radius 1 is 1.31 bits per heavy atom. The largest absolute Gasteiger partial charge is 0.481 e. The average molecular weight is 451 g/mol. The highest BCUT2D eigenvalue weighted by Crippen LogP contribution is 2.65. The number of amides is 2. The minimum Gasteiger partial charge on any atom is -0.481 e. The molecule has 3 aliphatic heterocycles. The Hall–Kier alpha value is -1.93. The maximum atomic E-state index is 13.9. The summed E-state index contributed by atoms with van der Waals surface area (Å²) in [6.45, 7) is 10.9. The smallest absolute Gasteiger partial charge is 0.310 e. The molecule has 1 spiro atoms. The minimum atomic E-state index is -1.12. The van der Waals surface area contributed by atoms with Gasteiger partial charge in [0.1, 0.15) is 17.6 Å². The average Bonchev–Trinajstić information content (AvgIpc) is 3.25. The molecule has 8 heteroatoms. The number of hydrogen-bond donors (Lipinski definition) is 2. The first-order valence-electron chi connectivity index (χ1n) is 11.9. The van der Waals surface area contributed by atoms with Gasteiger partial charge in [-0.25, -0.2) is 0 Å². The highest BCUT2D eigenvalue weighted by atomic mass is 16.5. The van der Waals surface area contributed by atoms with Crippen LogP contribution in [-0.2, 0) is 19.1 Å². The van der Waals surface area contributed by atoms with E-state index in [1.165, 1.54) is 0 Å². The normalized spacial score (nSPS) is 35.2. The van der Waals surface area contributed by atoms with Gasteiger partial charge in [0.2, 0.25) is 11.8 Å². The predicted molar refractivity (Wildman–Crippen MR) is 119 cm³/mol. The van der Waals surface area contributed by atoms with Crippen LogP contribution in [0.5, 0.6) is 0 Å². The zero-order valence-electron chi connectivity index (χ0n) is 19.6. The predicted octanol–water partition coefficient (Wildman–Crippen LogP) is 2.06. The van der Waals surface area contributed by atoms with Crippen molar-refractivity contribution in [2.45, 2.75) is 76.5 Å². The number of hydrogen-bond acceptors (Lipinski definition) is 5. The van der Waals surface area contributed by atoms with Crippen LogP contribution in [0.1, 0.15) is 59.3 Å². The van der Waals surface area contributed by atoms with Crippen LogP contribution in [0.2, 0.25) is 0 Å². The van der Waals surface area contributed by atoms with E-state index in [9.17, 15) is 19.5 Å². The number of aliphatic carboxylic acids is 1. The molecule has 3 aliphatic rings. The number of carbonyl (C=O) groups excluding carboxylic acids is 2. The first kappa shape index (κ1) is 24.7. The SMILES string of the molecule is C=CCN(CCCC)C(=O)C1N(CCCCCO)C(=O)[C@@H]2[C@H](C(=O)O)[C@@]3(C)OC12CC3C. The summed E-state index contributed by atoms with van der Waals surface area (Å²) >= 11 is 0. The third-order valence-electron chi connectivity index (χ3n) is 7.81. The van der Waals surface area contributed by atoms with Crippen molar-refractivity contribution in [1.29, 1.82) is 0 Å². The number of carboxylic acids is 1. The fraction of sp³-hybridized carbons (Fsp3) is 0.792. The van der Waals surface area contributed by atoms with E-state index in [0.717, 1.165) is 19.3 Å². The number of likely N-dealkylation sites (tertiary alicyclic amines) is 1. The Morgan fingerprint density at radius 2 is 2.03 bits per heavy atom. The van der Waals surface area contributed by atoms with E-state index in [2.05, 4.69) is 13.5 Å². The van der Waals surface area contributed by atoms with E-state index in [-0.39, 0.29) is 24.3 Å². The van der Waals surface area contributed by atoms with Crippen molar-refractivity contribution in [1.82, 2.24) is 9.80 Å². The molecule has 2 bridgehead atoms. The lowest BCUT2D eigenvalue weighted by Crippen LogP contribution is -2.56. The molecule has 0 saturated carbocycles. The molecule has 3 rings (SSSR count). The van der Waals surface area contributed by atoms with Gasteiger partial charge >= 0.3 is 5.97 Å². The summed E-state index contributed by atoms with van der Waals surface area (Å²) in [5.41, 5.74) is -2.09. The Balaban J connectivity index is 2.01. The fourth-order valence-electron chi connectivity index (χ4n) is 6.17. The van der Waals surface area contributed by atoms with Gasteiger partial charge in [-0.05, 0) is 44.9 Å². The van der Waals surface area contributed by atoms with Gasteiger partial charge in [-0.2, -0.15) is 0 Å². The molecule has 0 aliphatic carbocycles. The maximum absolute atomic E-state index is 13.9. The van der Waals surface area contributed by atoms with Crippen LogP contribution in [0.25, 0.3) is 0 Å². The Labute approximate surface area is 190 Å². The third kappa shape index (κ3) is 3.75. The van der Waals surface area contributed by atoms with Crippen LogP contribution in [-0.4, -0.2) is 81.3 Å². The standard InChI is InChI=1S/C24H38N2O6/c1-5-7-12-25(11-6-2)21(29)19-24-15-16(3)23(4,32-24)18(22(30)31)17(24)20(28)26(19)13-9-8-10-14-27/h6,16-19,27H,2,5,7-15H2,1,3-4H3,(H,30,31)/t16?,17-,18+,19?,23-,24?/m0/s1. The molecule has 0 radical (unpaired) electrons. The fourth-order valence-corrected chi connectivity index (χ4v) is 6.17. The molecule has 0 aromatic heterocycles. The number of carbonyl (C=O) groups is 3. The van der Waals surface area contributed by atoms with Gasteiger partial charge in [0.15, 0.2) is 0 Å². The molecule has 3 heterocycles. The second kappa shape index (κ2) is 9.51. The maximum Gasteiger partial charge on any atom is 0.310 e. The Kier molecular flexibility index (Phi) is 7.34. The number of carboxylic acid groups (broad SMARTS) is 1. The van der Waals surface area contributed by atoms with E-state index in [1.54, 1.807) is 22.8 Å². The molecule has 3 unspecified atom stereocenters. The van der Waals surface area contributed by atoms with Gasteiger partial charge in [-0.1, -0.05) is 26.3 Å². The monoisotopic (exact) mass is 450 g/mol. The van der Waals surface area contributed by atoms with Crippen molar-refractivity contribution < 1.29 is 29.3 Å². The molecule has 0 aromatic rings. The summed E-state index contributed by atoms with van der Waals surface area (Å²) in [5.74, 6) is -3.42. The number of aliphatic hydroxyl groups is 1. The third-order valence-corrected chi connectivity index (χ3v) is 7.81. The van der Waals surface area contributed by atoms with Crippen LogP contribution < -0.4 is 0 Å². The second-order valence-corrected chi connectivity index (χ2v) is 9.78. The van der Waals surface area contributed by atoms with Crippen LogP contribution in [0.4, 0.5) is 0 Å². The van der Waals surface area contributed by atoms with Crippen molar-refractivity contribution in [3.63, 3.8) is 0 Å². The molecule has 3 saturated heterocycles. The van der Waals surface area contributed by atoms with Gasteiger partial charge in [0.25, 0.3) is 0 Å². The van der Waals surface area contributed by atoms with Crippen LogP contribution in [0.3, 0.4) is 0 Å². The molecule has 8 nitrogen and oxygen atoms in total. The summed E-state index contributed by atoms with van der Waals surface area (Å²) in [6, 6.07) is -0.834. The number of rotatable bonds is 12. The number of ether oxygens (including phenoxy) is 1. The zero-order chi connectivity index (χ0) is 23.7. The molecule has 3 fully saturated rings. The minimum absolute atomic E-state index is 0.0765. The molecule has 180 valence electrons. The topological polar surface area (TPSA) is 107 Å². The number of fused-ring (bicyclic) bond motifs is 1. The highest BCUT2D eigenvalue weighted by molar-refractivity contribution is 5.98. The summed E-state index contributed by atoms with van der Waals surface area (Å²) in [4.78, 5) is 43.2. The quantitative estimate of drug-likeness (QED) is 0.348. The lowest BCUT2D eigenvalue weighted by Gasteiger charge is -2.37. The van der Waals surface area contributed by atoms with Crippen molar-refractivity contribution >= 4 is 17.8 Å². The molecular weight excluding hydrogens is 412 g/mol. The second-order valence-electron chi connectivity index (χ2n) is 9.78. The van der Waals surface area contributed by atoms with E-state index >= 15 is 0 Å². The Morgan fingerprint density at radius 3 is 2.62 bits per heavy atom. The van der Waals surface area contributed by atoms with Gasteiger partial charge < -0.3 is 24.7 Å². The molecule has 6 atom stereocenters. The van der Waals surface area contributed by atoms with Crippen LogP contribution in [0, 0.1) is 17.8 Å². The molecule has 32 heavy (non-hydrogen) atoms. The number of aliphatic hydroxyl groups excluding tert-OH is 1. The van der Waals surface area contributed by atoms with Crippen molar-refractivity contribution in [3.05, 3.63) is 12.7 Å². The molecule has 2 amide bonds. The lowest BCUT2D eigenvalue weighted by molar-refractivity contribution is -0.157. The van der Waals surface area contributed by atoms with E-state index in [4.69, 9.17) is 9.84 Å². The van der Waals surface area contributed by atoms with Crippen molar-refractivity contribution in [3.8, 4) is 0 Å². The van der Waals surface area contributed by atoms with E-state index < -0.39 is 35.0 Å². The first-order chi connectivity index (χ1) is 15.2. The summed E-state index contributed by atoms with van der Waals surface area (Å²) in [6.07, 6.45) is 5.92. The van der Waals surface area contributed by atoms with Crippen LogP contribution in [0.15, 0.2) is 12.7 Å². The van der Waals surface area contributed by atoms with Gasteiger partial charge in [-0.3, -0.25) is 14.4 Å². The highest BCUT2D eigenvalue weighted by Gasteiger charge is 2.80. The zero-order valence-corrected chi connectivity index (χ0v) is 19.6. The van der Waals surface area contributed by atoms with Crippen LogP contribution >= 0.6 is 0 Å². The summed E-state index contributed by atoms with van der Waals surface area (Å²) in [7, 11) is 0. The molecular formula is C24H38N2O6. The van der Waals surface area contributed by atoms with Gasteiger partial charge in [0, 0.05) is 26.2 Å². The summed E-state index contributed by atoms with van der Waals surface area (Å²) < 4.78 is 6.50. The first-order valence-corrected chi connectivity index (χ1v) is 11.9. The van der Waals surface area contributed by atoms with E-state index in [1.807, 2.05) is 6.92 Å².